The van der Waals surface area contributed by atoms with Crippen LogP contribution in [0.1, 0.15) is 44.1 Å². The number of alkyl halides is 2. The largest absolute Gasteiger partial charge is 0.341 e. The number of amides is 1. The van der Waals surface area contributed by atoms with Gasteiger partial charge in [-0.25, -0.2) is 8.78 Å². The Morgan fingerprint density at radius 3 is 2.46 bits per heavy atom. The van der Waals surface area contributed by atoms with E-state index in [1.807, 2.05) is 18.0 Å². The average Bonchev–Trinajstić information content (AvgIpc) is 2.97. The number of hydrogen-bond donors (Lipinski definition) is 0. The molecule has 3 fully saturated rings. The van der Waals surface area contributed by atoms with Gasteiger partial charge in [-0.2, -0.15) is 0 Å². The molecule has 1 heterocycles. The number of benzene rings is 1. The van der Waals surface area contributed by atoms with E-state index >= 15 is 0 Å². The summed E-state index contributed by atoms with van der Waals surface area (Å²) < 4.78 is 27.1. The second-order valence-electron chi connectivity index (χ2n) is 8.55. The topological polar surface area (TPSA) is 23.6 Å². The molecule has 2 aliphatic carbocycles. The zero-order chi connectivity index (χ0) is 18.4. The Bertz CT molecular complexity index is 655. The smallest absolute Gasteiger partial charge is 0.254 e. The normalized spacial score (nSPS) is 33.3. The van der Waals surface area contributed by atoms with E-state index in [0.29, 0.717) is 25.7 Å². The number of carbonyl (C=O) groups is 1. The minimum Gasteiger partial charge on any atom is -0.341 e. The molecule has 3 aliphatic rings. The Balaban J connectivity index is 1.28. The van der Waals surface area contributed by atoms with E-state index in [4.69, 9.17) is 0 Å². The molecule has 1 atom stereocenters. The molecule has 1 saturated heterocycles. The van der Waals surface area contributed by atoms with Gasteiger partial charge in [-0.3, -0.25) is 9.69 Å². The van der Waals surface area contributed by atoms with E-state index in [9.17, 15) is 13.6 Å². The van der Waals surface area contributed by atoms with Crippen LogP contribution < -0.4 is 0 Å². The average molecular weight is 362 g/mol. The van der Waals surface area contributed by atoms with Gasteiger partial charge < -0.3 is 4.90 Å². The van der Waals surface area contributed by atoms with E-state index in [2.05, 4.69) is 29.2 Å². The third-order valence-electron chi connectivity index (χ3n) is 6.90. The molecule has 1 unspecified atom stereocenters. The first-order valence-corrected chi connectivity index (χ1v) is 9.81. The lowest BCUT2D eigenvalue weighted by atomic mass is 9.78. The van der Waals surface area contributed by atoms with Crippen LogP contribution in [0.15, 0.2) is 30.3 Å². The molecule has 5 heteroatoms. The SMILES string of the molecule is CN(C(=O)C1CCC2(CC1)CC2(F)F)C1CCN(Cc2ccccc2)C1. The molecule has 0 bridgehead atoms. The van der Waals surface area contributed by atoms with Crippen molar-refractivity contribution in [3.05, 3.63) is 35.9 Å². The van der Waals surface area contributed by atoms with Gasteiger partial charge >= 0.3 is 0 Å². The highest BCUT2D eigenvalue weighted by Gasteiger charge is 2.70. The minimum absolute atomic E-state index is 0.0355. The van der Waals surface area contributed by atoms with E-state index in [1.54, 1.807) is 0 Å². The summed E-state index contributed by atoms with van der Waals surface area (Å²) in [7, 11) is 1.90. The molecule has 26 heavy (non-hydrogen) atoms. The van der Waals surface area contributed by atoms with Gasteiger partial charge in [-0.1, -0.05) is 30.3 Å². The van der Waals surface area contributed by atoms with Crippen LogP contribution in [0, 0.1) is 11.3 Å². The molecule has 0 aromatic heterocycles. The lowest BCUT2D eigenvalue weighted by Gasteiger charge is -2.33. The lowest BCUT2D eigenvalue weighted by Crippen LogP contribution is -2.43. The van der Waals surface area contributed by atoms with Crippen LogP contribution in [0.3, 0.4) is 0 Å². The van der Waals surface area contributed by atoms with Crippen LogP contribution in [-0.4, -0.2) is 47.8 Å². The standard InChI is InChI=1S/C21H28F2N2O/c1-24(18-9-12-25(14-18)13-16-5-3-2-4-6-16)19(26)17-7-10-20(11-8-17)15-21(20,22)23/h2-6,17-18H,7-15H2,1H3. The highest BCUT2D eigenvalue weighted by molar-refractivity contribution is 5.79. The Morgan fingerprint density at radius 1 is 1.19 bits per heavy atom. The van der Waals surface area contributed by atoms with Crippen LogP contribution in [-0.2, 0) is 11.3 Å². The van der Waals surface area contributed by atoms with E-state index < -0.39 is 11.3 Å². The Hall–Kier alpha value is -1.49. The highest BCUT2D eigenvalue weighted by atomic mass is 19.3. The number of halogens is 2. The van der Waals surface area contributed by atoms with Crippen LogP contribution in [0.2, 0.25) is 0 Å². The van der Waals surface area contributed by atoms with Crippen molar-refractivity contribution in [1.82, 2.24) is 9.80 Å². The van der Waals surface area contributed by atoms with Crippen molar-refractivity contribution >= 4 is 5.91 Å². The lowest BCUT2D eigenvalue weighted by molar-refractivity contribution is -0.138. The third kappa shape index (κ3) is 3.26. The van der Waals surface area contributed by atoms with Crippen molar-refractivity contribution in [1.29, 1.82) is 0 Å². The van der Waals surface area contributed by atoms with Crippen LogP contribution in [0.5, 0.6) is 0 Å². The van der Waals surface area contributed by atoms with Gasteiger partial charge in [-0.05, 0) is 37.7 Å². The van der Waals surface area contributed by atoms with Gasteiger partial charge in [0.05, 0.1) is 0 Å². The summed E-state index contributed by atoms with van der Waals surface area (Å²) in [6.07, 6.45) is 3.29. The quantitative estimate of drug-likeness (QED) is 0.810. The maximum Gasteiger partial charge on any atom is 0.254 e. The molecule has 3 nitrogen and oxygen atoms in total. The summed E-state index contributed by atoms with van der Waals surface area (Å²) >= 11 is 0. The monoisotopic (exact) mass is 362 g/mol. The van der Waals surface area contributed by atoms with E-state index in [1.165, 1.54) is 5.56 Å². The summed E-state index contributed by atoms with van der Waals surface area (Å²) in [5.41, 5.74) is 0.535. The fraction of sp³-hybridized carbons (Fsp3) is 0.667. The molecule has 142 valence electrons. The summed E-state index contributed by atoms with van der Waals surface area (Å²) in [5, 5.41) is 0. The zero-order valence-electron chi connectivity index (χ0n) is 15.5. The number of hydrogen-bond acceptors (Lipinski definition) is 2. The molecule has 2 saturated carbocycles. The van der Waals surface area contributed by atoms with Gasteiger partial charge in [0, 0.05) is 50.5 Å². The van der Waals surface area contributed by atoms with Crippen LogP contribution in [0.25, 0.3) is 0 Å². The first-order valence-electron chi connectivity index (χ1n) is 9.81. The van der Waals surface area contributed by atoms with Crippen molar-refractivity contribution < 1.29 is 13.6 Å². The fourth-order valence-corrected chi connectivity index (χ4v) is 4.92. The van der Waals surface area contributed by atoms with E-state index in [0.717, 1.165) is 26.1 Å². The molecular formula is C21H28F2N2O. The highest BCUT2D eigenvalue weighted by Crippen LogP contribution is 2.68. The Kier molecular flexibility index (Phi) is 4.54. The van der Waals surface area contributed by atoms with Crippen molar-refractivity contribution in [2.24, 2.45) is 11.3 Å². The van der Waals surface area contributed by atoms with Gasteiger partial charge in [0.25, 0.3) is 5.92 Å². The number of rotatable bonds is 4. The number of carbonyl (C=O) groups excluding carboxylic acids is 1. The van der Waals surface area contributed by atoms with Crippen LogP contribution in [0.4, 0.5) is 8.78 Å². The van der Waals surface area contributed by atoms with Crippen molar-refractivity contribution in [3.8, 4) is 0 Å². The van der Waals surface area contributed by atoms with Gasteiger partial charge in [-0.15, -0.1) is 0 Å². The minimum atomic E-state index is -2.48. The predicted molar refractivity (Wildman–Crippen MR) is 96.8 cm³/mol. The molecule has 1 aliphatic heterocycles. The first-order chi connectivity index (χ1) is 12.4. The zero-order valence-corrected chi connectivity index (χ0v) is 15.5. The number of likely N-dealkylation sites (N-methyl/N-ethyl adjacent to an activating group) is 1. The second-order valence-corrected chi connectivity index (χ2v) is 8.55. The van der Waals surface area contributed by atoms with Crippen molar-refractivity contribution in [2.75, 3.05) is 20.1 Å². The molecule has 1 aromatic carbocycles. The maximum atomic E-state index is 13.5. The molecule has 1 aromatic rings. The first kappa shape index (κ1) is 17.9. The molecule has 4 rings (SSSR count). The molecule has 1 amide bonds. The Labute approximate surface area is 154 Å². The third-order valence-corrected chi connectivity index (χ3v) is 6.90. The summed E-state index contributed by atoms with van der Waals surface area (Å²) in [6, 6.07) is 10.6. The number of likely N-dealkylation sites (tertiary alicyclic amines) is 1. The Morgan fingerprint density at radius 2 is 1.85 bits per heavy atom. The van der Waals surface area contributed by atoms with Crippen molar-refractivity contribution in [2.45, 2.75) is 57.0 Å². The fourth-order valence-electron chi connectivity index (χ4n) is 4.92. The summed E-state index contributed by atoms with van der Waals surface area (Å²) in [5.74, 6) is -2.38. The maximum absolute atomic E-state index is 13.5. The second kappa shape index (κ2) is 6.59. The molecular weight excluding hydrogens is 334 g/mol. The van der Waals surface area contributed by atoms with Gasteiger partial charge in [0.2, 0.25) is 5.91 Å². The molecule has 1 spiro atoms. The van der Waals surface area contributed by atoms with Crippen LogP contribution >= 0.6 is 0 Å². The summed E-state index contributed by atoms with van der Waals surface area (Å²) in [4.78, 5) is 17.2. The van der Waals surface area contributed by atoms with Gasteiger partial charge in [0.15, 0.2) is 0 Å². The van der Waals surface area contributed by atoms with E-state index in [-0.39, 0.29) is 24.3 Å². The van der Waals surface area contributed by atoms with Crippen molar-refractivity contribution in [3.63, 3.8) is 0 Å². The van der Waals surface area contributed by atoms with Gasteiger partial charge in [0.1, 0.15) is 0 Å². The molecule has 0 radical (unpaired) electrons. The summed E-state index contributed by atoms with van der Waals surface area (Å²) in [6.45, 7) is 2.81. The number of nitrogens with zero attached hydrogens (tertiary/aromatic N) is 2. The predicted octanol–water partition coefficient (Wildman–Crippen LogP) is 3.93. The molecule has 0 N–H and O–H groups in total.